The molecule has 5 nitrogen and oxygen atoms in total. The Morgan fingerprint density at radius 2 is 2.04 bits per heavy atom. The predicted molar refractivity (Wildman–Crippen MR) is 88.1 cm³/mol. The number of amides is 2. The summed E-state index contributed by atoms with van der Waals surface area (Å²) in [6.45, 7) is 0.652. The van der Waals surface area contributed by atoms with Crippen LogP contribution in [0.5, 0.6) is 0 Å². The molecule has 1 unspecified atom stereocenters. The summed E-state index contributed by atoms with van der Waals surface area (Å²) in [7, 11) is 0. The zero-order valence-corrected chi connectivity index (χ0v) is 14.5. The van der Waals surface area contributed by atoms with Crippen LogP contribution in [0, 0.1) is 5.92 Å². The van der Waals surface area contributed by atoms with Gasteiger partial charge < -0.3 is 15.3 Å². The van der Waals surface area contributed by atoms with Crippen LogP contribution in [0.1, 0.15) is 30.4 Å². The molecule has 9 heteroatoms. The molecule has 1 aromatic carbocycles. The number of benzene rings is 1. The molecule has 1 saturated heterocycles. The number of nitrogens with zero attached hydrogens (tertiary/aromatic N) is 1. The van der Waals surface area contributed by atoms with Gasteiger partial charge in [0, 0.05) is 30.1 Å². The van der Waals surface area contributed by atoms with E-state index in [1.54, 1.807) is 0 Å². The lowest BCUT2D eigenvalue weighted by Gasteiger charge is -2.22. The normalized spacial score (nSPS) is 21.5. The fraction of sp³-hybridized carbons (Fsp3) is 0.529. The maximum Gasteiger partial charge on any atom is 0.416 e. The average Bonchev–Trinajstić information content (AvgIpc) is 3.17. The van der Waals surface area contributed by atoms with Crippen LogP contribution in [0.15, 0.2) is 18.2 Å². The van der Waals surface area contributed by atoms with E-state index in [-0.39, 0.29) is 18.1 Å². The van der Waals surface area contributed by atoms with Gasteiger partial charge in [-0.1, -0.05) is 11.6 Å². The summed E-state index contributed by atoms with van der Waals surface area (Å²) < 4.78 is 38.9. The molecule has 1 aromatic rings. The van der Waals surface area contributed by atoms with E-state index in [1.807, 2.05) is 0 Å². The highest BCUT2D eigenvalue weighted by Gasteiger charge is 2.47. The molecule has 0 aromatic heterocycles. The van der Waals surface area contributed by atoms with Crippen LogP contribution < -0.4 is 5.32 Å². The first-order chi connectivity index (χ1) is 12.1. The van der Waals surface area contributed by atoms with Crippen LogP contribution in [-0.4, -0.2) is 41.6 Å². The monoisotopic (exact) mass is 390 g/mol. The summed E-state index contributed by atoms with van der Waals surface area (Å²) in [4.78, 5) is 24.6. The fourth-order valence-corrected chi connectivity index (χ4v) is 3.62. The number of carbonyl (C=O) groups is 2. The van der Waals surface area contributed by atoms with Crippen LogP contribution in [0.4, 0.5) is 18.0 Å². The molecule has 3 rings (SSSR count). The summed E-state index contributed by atoms with van der Waals surface area (Å²) in [5.41, 5.74) is -0.975. The molecule has 1 heterocycles. The van der Waals surface area contributed by atoms with Crippen LogP contribution in [-0.2, 0) is 16.4 Å². The Morgan fingerprint density at radius 3 is 2.58 bits per heavy atom. The molecule has 0 radical (unpaired) electrons. The quantitative estimate of drug-likeness (QED) is 0.826. The molecule has 1 atom stereocenters. The van der Waals surface area contributed by atoms with Crippen molar-refractivity contribution in [2.24, 2.45) is 5.92 Å². The number of aliphatic carboxylic acids is 1. The molecule has 1 aliphatic heterocycles. The van der Waals surface area contributed by atoms with Gasteiger partial charge in [0.25, 0.3) is 0 Å². The molecule has 0 spiro atoms. The van der Waals surface area contributed by atoms with Crippen molar-refractivity contribution in [1.29, 1.82) is 0 Å². The number of carboxylic acids is 1. The van der Waals surface area contributed by atoms with Crippen molar-refractivity contribution in [3.63, 3.8) is 0 Å². The maximum atomic E-state index is 13.0. The molecule has 2 fully saturated rings. The number of rotatable bonds is 4. The summed E-state index contributed by atoms with van der Waals surface area (Å²) in [6, 6.07) is 2.83. The topological polar surface area (TPSA) is 69.6 Å². The van der Waals surface area contributed by atoms with Crippen molar-refractivity contribution in [2.45, 2.75) is 30.9 Å². The van der Waals surface area contributed by atoms with Gasteiger partial charge in [-0.15, -0.1) is 0 Å². The van der Waals surface area contributed by atoms with E-state index in [4.69, 9.17) is 16.7 Å². The van der Waals surface area contributed by atoms with Gasteiger partial charge in [-0.3, -0.25) is 4.79 Å². The van der Waals surface area contributed by atoms with E-state index in [2.05, 4.69) is 5.32 Å². The van der Waals surface area contributed by atoms with Crippen molar-refractivity contribution in [3.05, 3.63) is 34.3 Å². The van der Waals surface area contributed by atoms with Gasteiger partial charge >= 0.3 is 18.2 Å². The second kappa shape index (κ2) is 6.64. The summed E-state index contributed by atoms with van der Waals surface area (Å²) in [5.74, 6) is -1.51. The van der Waals surface area contributed by atoms with Gasteiger partial charge in [0.05, 0.1) is 11.5 Å². The van der Waals surface area contributed by atoms with Crippen LogP contribution in [0.25, 0.3) is 0 Å². The Labute approximate surface area is 153 Å². The summed E-state index contributed by atoms with van der Waals surface area (Å²) in [6.07, 6.45) is -2.80. The van der Waals surface area contributed by atoms with Gasteiger partial charge in [0.1, 0.15) is 0 Å². The Kier molecular flexibility index (Phi) is 4.81. The minimum Gasteiger partial charge on any atom is -0.481 e. The molecule has 0 bridgehead atoms. The largest absolute Gasteiger partial charge is 0.481 e. The molecule has 2 N–H and O–H groups in total. The number of likely N-dealkylation sites (tertiary alicyclic amines) is 1. The Bertz CT molecular complexity index is 734. The van der Waals surface area contributed by atoms with Crippen molar-refractivity contribution in [1.82, 2.24) is 10.2 Å². The minimum absolute atomic E-state index is 0.137. The van der Waals surface area contributed by atoms with Crippen molar-refractivity contribution >= 4 is 23.6 Å². The molecule has 26 heavy (non-hydrogen) atoms. The fourth-order valence-electron chi connectivity index (χ4n) is 3.30. The Balaban J connectivity index is 1.67. The number of halogens is 4. The molecule has 1 aliphatic carbocycles. The number of carboxylic acid groups (broad SMARTS) is 1. The van der Waals surface area contributed by atoms with Crippen LogP contribution >= 0.6 is 11.6 Å². The second-order valence-electron chi connectivity index (χ2n) is 6.90. The number of hydrogen-bond acceptors (Lipinski definition) is 2. The predicted octanol–water partition coefficient (Wildman–Crippen LogP) is 3.51. The van der Waals surface area contributed by atoms with E-state index < -0.39 is 35.1 Å². The highest BCUT2D eigenvalue weighted by molar-refractivity contribution is 6.31. The SMILES string of the molecule is O=C(O)C1CCN(C(=O)NCC2(c3cc(C(F)(F)F)ccc3Cl)CC2)C1. The number of carbonyl (C=O) groups excluding carboxylic acids is 1. The lowest BCUT2D eigenvalue weighted by atomic mass is 9.94. The molecule has 1 saturated carbocycles. The second-order valence-corrected chi connectivity index (χ2v) is 7.31. The number of alkyl halides is 3. The Hall–Kier alpha value is -1.96. The third kappa shape index (κ3) is 3.75. The van der Waals surface area contributed by atoms with E-state index in [0.717, 1.165) is 12.1 Å². The Morgan fingerprint density at radius 1 is 1.35 bits per heavy atom. The molecule has 142 valence electrons. The molecule has 2 amide bonds. The number of nitrogens with one attached hydrogen (secondary N) is 1. The lowest BCUT2D eigenvalue weighted by molar-refractivity contribution is -0.141. The van der Waals surface area contributed by atoms with Gasteiger partial charge in [-0.05, 0) is 43.0 Å². The van der Waals surface area contributed by atoms with E-state index in [0.29, 0.717) is 31.4 Å². The lowest BCUT2D eigenvalue weighted by Crippen LogP contribution is -2.42. The molecule has 2 aliphatic rings. The summed E-state index contributed by atoms with van der Waals surface area (Å²) in [5, 5.41) is 12.0. The molecular weight excluding hydrogens is 373 g/mol. The highest BCUT2D eigenvalue weighted by Crippen LogP contribution is 2.51. The third-order valence-corrected chi connectivity index (χ3v) is 5.45. The highest BCUT2D eigenvalue weighted by atomic mass is 35.5. The number of hydrogen-bond donors (Lipinski definition) is 2. The van der Waals surface area contributed by atoms with Crippen LogP contribution in [0.2, 0.25) is 5.02 Å². The van der Waals surface area contributed by atoms with E-state index in [1.165, 1.54) is 11.0 Å². The average molecular weight is 391 g/mol. The summed E-state index contributed by atoms with van der Waals surface area (Å²) >= 11 is 6.11. The standard InChI is InChI=1S/C17H18ClF3N2O3/c18-13-2-1-11(17(19,20)21)7-12(13)16(4-5-16)9-22-15(26)23-6-3-10(8-23)14(24)25/h1-2,7,10H,3-6,8-9H2,(H,22,26)(H,24,25). The van der Waals surface area contributed by atoms with E-state index in [9.17, 15) is 22.8 Å². The van der Waals surface area contributed by atoms with Crippen molar-refractivity contribution < 1.29 is 27.9 Å². The van der Waals surface area contributed by atoms with Gasteiger partial charge in [0.15, 0.2) is 0 Å². The van der Waals surface area contributed by atoms with Gasteiger partial charge in [-0.25, -0.2) is 4.79 Å². The zero-order valence-electron chi connectivity index (χ0n) is 13.8. The van der Waals surface area contributed by atoms with Gasteiger partial charge in [-0.2, -0.15) is 13.2 Å². The first kappa shape index (κ1) is 18.8. The zero-order chi connectivity index (χ0) is 19.1. The first-order valence-corrected chi connectivity index (χ1v) is 8.63. The van der Waals surface area contributed by atoms with Gasteiger partial charge in [0.2, 0.25) is 0 Å². The number of urea groups is 1. The first-order valence-electron chi connectivity index (χ1n) is 8.25. The van der Waals surface area contributed by atoms with Crippen molar-refractivity contribution in [3.8, 4) is 0 Å². The maximum absolute atomic E-state index is 13.0. The molecular formula is C17H18ClF3N2O3. The smallest absolute Gasteiger partial charge is 0.416 e. The van der Waals surface area contributed by atoms with E-state index >= 15 is 0 Å². The van der Waals surface area contributed by atoms with Crippen LogP contribution in [0.3, 0.4) is 0 Å². The van der Waals surface area contributed by atoms with Crippen molar-refractivity contribution in [2.75, 3.05) is 19.6 Å². The minimum atomic E-state index is -4.46. The third-order valence-electron chi connectivity index (χ3n) is 5.12.